The van der Waals surface area contributed by atoms with E-state index >= 15 is 0 Å². The van der Waals surface area contributed by atoms with Crippen molar-refractivity contribution in [3.63, 3.8) is 0 Å². The van der Waals surface area contributed by atoms with Gasteiger partial charge in [-0.15, -0.1) is 0 Å². The topological polar surface area (TPSA) is 49.3 Å². The Morgan fingerprint density at radius 1 is 1.16 bits per heavy atom. The van der Waals surface area contributed by atoms with Crippen molar-refractivity contribution in [2.24, 2.45) is 0 Å². The Hall–Kier alpha value is -2.11. The molecule has 0 unspecified atom stereocenters. The maximum absolute atomic E-state index is 11.1. The van der Waals surface area contributed by atoms with Crippen molar-refractivity contribution in [3.05, 3.63) is 30.5 Å². The van der Waals surface area contributed by atoms with Gasteiger partial charge in [0.2, 0.25) is 13.8 Å². The second kappa shape index (κ2) is 4.88. The molecule has 1 aliphatic rings. The van der Waals surface area contributed by atoms with Crippen molar-refractivity contribution < 1.29 is 4.79 Å². The fraction of sp³-hybridized carbons (Fsp3) is 0.308. The van der Waals surface area contributed by atoms with Gasteiger partial charge < -0.3 is 9.80 Å². The standard InChI is InChI=1S/C13H13BN4O/c14-12(19)17-5-7-18(8-6-17)13-15-9-10-3-1-2-4-11(10)16-13/h1-4,9H,5-8H2. The van der Waals surface area contributed by atoms with Gasteiger partial charge in [-0.3, -0.25) is 4.79 Å². The molecular weight excluding hydrogens is 239 g/mol. The molecule has 0 bridgehead atoms. The van der Waals surface area contributed by atoms with Crippen LogP contribution in [0.1, 0.15) is 0 Å². The van der Waals surface area contributed by atoms with Gasteiger partial charge in [-0.05, 0) is 6.07 Å². The second-order valence-corrected chi connectivity index (χ2v) is 4.54. The summed E-state index contributed by atoms with van der Waals surface area (Å²) in [5.41, 5.74) is 0.935. The summed E-state index contributed by atoms with van der Waals surface area (Å²) in [6, 6.07) is 7.89. The van der Waals surface area contributed by atoms with Crippen LogP contribution in [0.25, 0.3) is 10.9 Å². The zero-order valence-electron chi connectivity index (χ0n) is 10.5. The molecule has 1 amide bonds. The summed E-state index contributed by atoms with van der Waals surface area (Å²) in [7, 11) is 5.26. The molecule has 1 saturated heterocycles. The van der Waals surface area contributed by atoms with Gasteiger partial charge >= 0.3 is 0 Å². The zero-order valence-corrected chi connectivity index (χ0v) is 10.5. The molecule has 0 atom stereocenters. The number of rotatable bonds is 1. The van der Waals surface area contributed by atoms with Gasteiger partial charge in [0.05, 0.1) is 5.52 Å². The average Bonchev–Trinajstić information content (AvgIpc) is 2.47. The first-order chi connectivity index (χ1) is 9.24. The van der Waals surface area contributed by atoms with E-state index in [0.717, 1.165) is 10.9 Å². The lowest BCUT2D eigenvalue weighted by atomic mass is 10.1. The molecule has 2 aromatic rings. The third-order valence-corrected chi connectivity index (χ3v) is 3.35. The van der Waals surface area contributed by atoms with Crippen LogP contribution in [0.2, 0.25) is 0 Å². The maximum atomic E-state index is 11.1. The number of anilines is 1. The Kier molecular flexibility index (Phi) is 3.07. The number of carbonyl (C=O) groups is 1. The highest BCUT2D eigenvalue weighted by Crippen LogP contribution is 2.16. The van der Waals surface area contributed by atoms with Gasteiger partial charge in [-0.2, -0.15) is 0 Å². The number of hydrogen-bond acceptors (Lipinski definition) is 4. The number of para-hydroxylation sites is 1. The van der Waals surface area contributed by atoms with Gasteiger partial charge in [0.1, 0.15) is 0 Å². The molecule has 19 heavy (non-hydrogen) atoms. The van der Waals surface area contributed by atoms with Gasteiger partial charge in [0.15, 0.2) is 5.81 Å². The first-order valence-corrected chi connectivity index (χ1v) is 6.25. The molecular formula is C13H13BN4O. The molecule has 1 aromatic heterocycles. The summed E-state index contributed by atoms with van der Waals surface area (Å²) >= 11 is 0. The van der Waals surface area contributed by atoms with Crippen LogP contribution >= 0.6 is 0 Å². The minimum atomic E-state index is -0.362. The quantitative estimate of drug-likeness (QED) is 0.711. The van der Waals surface area contributed by atoms with Gasteiger partial charge in [-0.1, -0.05) is 18.2 Å². The van der Waals surface area contributed by atoms with Crippen LogP contribution in [0.4, 0.5) is 10.7 Å². The predicted molar refractivity (Wildman–Crippen MR) is 74.5 cm³/mol. The van der Waals surface area contributed by atoms with Crippen molar-refractivity contribution in [3.8, 4) is 0 Å². The smallest absolute Gasteiger partial charge is 0.225 e. The van der Waals surface area contributed by atoms with Crippen LogP contribution in [0.3, 0.4) is 0 Å². The lowest BCUT2D eigenvalue weighted by molar-refractivity contribution is 0.218. The van der Waals surface area contributed by atoms with E-state index in [0.29, 0.717) is 32.1 Å². The third-order valence-electron chi connectivity index (χ3n) is 3.35. The maximum Gasteiger partial charge on any atom is 0.225 e. The number of amides is 1. The molecule has 6 heteroatoms. The number of benzene rings is 1. The van der Waals surface area contributed by atoms with Crippen LogP contribution in [0.15, 0.2) is 30.5 Å². The van der Waals surface area contributed by atoms with Crippen LogP contribution in [-0.2, 0) is 0 Å². The Balaban J connectivity index is 1.80. The fourth-order valence-corrected chi connectivity index (χ4v) is 2.24. The number of hydrogen-bond donors (Lipinski definition) is 0. The summed E-state index contributed by atoms with van der Waals surface area (Å²) in [6.07, 6.45) is 1.83. The van der Waals surface area contributed by atoms with E-state index in [1.165, 1.54) is 0 Å². The van der Waals surface area contributed by atoms with Crippen molar-refractivity contribution in [2.75, 3.05) is 31.1 Å². The zero-order chi connectivity index (χ0) is 13.2. The van der Waals surface area contributed by atoms with E-state index < -0.39 is 0 Å². The SMILES string of the molecule is [B]C(=O)N1CCN(c2ncc3ccccc3n2)CC1. The predicted octanol–water partition coefficient (Wildman–Crippen LogP) is 1.04. The van der Waals surface area contributed by atoms with Gasteiger partial charge in [0.25, 0.3) is 0 Å². The molecule has 2 heterocycles. The number of nitrogens with zero attached hydrogens (tertiary/aromatic N) is 4. The molecule has 3 rings (SSSR count). The number of fused-ring (bicyclic) bond motifs is 1. The second-order valence-electron chi connectivity index (χ2n) is 4.54. The van der Waals surface area contributed by atoms with E-state index in [2.05, 4.69) is 14.9 Å². The first kappa shape index (κ1) is 12.0. The van der Waals surface area contributed by atoms with E-state index in [1.807, 2.05) is 30.5 Å². The molecule has 94 valence electrons. The van der Waals surface area contributed by atoms with Crippen LogP contribution < -0.4 is 4.90 Å². The highest BCUT2D eigenvalue weighted by molar-refractivity contribution is 6.56. The normalized spacial score (nSPS) is 15.8. The molecule has 2 radical (unpaired) electrons. The Morgan fingerprint density at radius 2 is 1.89 bits per heavy atom. The minimum absolute atomic E-state index is 0.362. The Labute approximate surface area is 112 Å². The van der Waals surface area contributed by atoms with E-state index in [-0.39, 0.29) is 5.81 Å². The number of piperazine rings is 1. The van der Waals surface area contributed by atoms with E-state index in [1.54, 1.807) is 4.90 Å². The van der Waals surface area contributed by atoms with E-state index in [4.69, 9.17) is 7.85 Å². The van der Waals surface area contributed by atoms with Crippen LogP contribution in [0.5, 0.6) is 0 Å². The first-order valence-electron chi connectivity index (χ1n) is 6.25. The van der Waals surface area contributed by atoms with Crippen molar-refractivity contribution in [2.45, 2.75) is 0 Å². The summed E-state index contributed by atoms with van der Waals surface area (Å²) < 4.78 is 0. The molecule has 0 N–H and O–H groups in total. The van der Waals surface area contributed by atoms with Crippen molar-refractivity contribution in [1.29, 1.82) is 0 Å². The third kappa shape index (κ3) is 2.38. The Morgan fingerprint density at radius 3 is 2.63 bits per heavy atom. The highest BCUT2D eigenvalue weighted by atomic mass is 16.1. The van der Waals surface area contributed by atoms with Crippen LogP contribution in [-0.4, -0.2) is 54.7 Å². The molecule has 0 saturated carbocycles. The fourth-order valence-electron chi connectivity index (χ4n) is 2.24. The Bertz CT molecular complexity index is 610. The number of aromatic nitrogens is 2. The largest absolute Gasteiger partial charge is 0.349 e. The summed E-state index contributed by atoms with van der Waals surface area (Å²) in [6.45, 7) is 2.65. The highest BCUT2D eigenvalue weighted by Gasteiger charge is 2.20. The molecule has 0 spiro atoms. The lowest BCUT2D eigenvalue weighted by Crippen LogP contribution is -2.49. The monoisotopic (exact) mass is 252 g/mol. The van der Waals surface area contributed by atoms with Gasteiger partial charge in [0, 0.05) is 37.8 Å². The van der Waals surface area contributed by atoms with Crippen LogP contribution in [0, 0.1) is 0 Å². The molecule has 0 aliphatic carbocycles. The average molecular weight is 252 g/mol. The minimum Gasteiger partial charge on any atom is -0.349 e. The van der Waals surface area contributed by atoms with Crippen molar-refractivity contribution in [1.82, 2.24) is 14.9 Å². The molecule has 1 fully saturated rings. The van der Waals surface area contributed by atoms with Gasteiger partial charge in [-0.25, -0.2) is 9.97 Å². The summed E-state index contributed by atoms with van der Waals surface area (Å²) in [5.74, 6) is 0.349. The number of carbonyl (C=O) groups excluding carboxylic acids is 1. The molecule has 5 nitrogen and oxygen atoms in total. The van der Waals surface area contributed by atoms with Crippen molar-refractivity contribution >= 4 is 30.5 Å². The molecule has 1 aliphatic heterocycles. The summed E-state index contributed by atoms with van der Waals surface area (Å²) in [5, 5.41) is 1.03. The summed E-state index contributed by atoms with van der Waals surface area (Å²) in [4.78, 5) is 23.7. The van der Waals surface area contributed by atoms with E-state index in [9.17, 15) is 4.79 Å². The molecule has 1 aromatic carbocycles. The lowest BCUT2D eigenvalue weighted by Gasteiger charge is -2.34.